The van der Waals surface area contributed by atoms with Crippen LogP contribution in [0, 0.1) is 0 Å². The van der Waals surface area contributed by atoms with Crippen LogP contribution in [0.5, 0.6) is 0 Å². The van der Waals surface area contributed by atoms with Gasteiger partial charge in [0.2, 0.25) is 0 Å². The number of benzene rings is 10. The van der Waals surface area contributed by atoms with Gasteiger partial charge in [0.1, 0.15) is 0 Å². The smallest absolute Gasteiger partial charge is 0.160 e. The van der Waals surface area contributed by atoms with Crippen molar-refractivity contribution in [2.24, 2.45) is 0 Å². The first-order chi connectivity index (χ1) is 33.7. The summed E-state index contributed by atoms with van der Waals surface area (Å²) in [5.41, 5.74) is 20.4. The van der Waals surface area contributed by atoms with Gasteiger partial charge in [-0.2, -0.15) is 0 Å². The van der Waals surface area contributed by atoms with Crippen LogP contribution in [0.4, 0.5) is 22.7 Å². The molecule has 0 aliphatic rings. The fourth-order valence-electron chi connectivity index (χ4n) is 8.81. The Morgan fingerprint density at radius 2 is 0.632 bits per heavy atom. The van der Waals surface area contributed by atoms with E-state index >= 15 is 0 Å². The summed E-state index contributed by atoms with van der Waals surface area (Å²) < 4.78 is 0. The minimum absolute atomic E-state index is 0.703. The second-order valence-corrected chi connectivity index (χ2v) is 16.8. The quantitative estimate of drug-likeness (QED) is 0.128. The lowest BCUT2D eigenvalue weighted by Crippen LogP contribution is -1.96. The molecule has 68 heavy (non-hydrogen) atoms. The number of hydrogen-bond donors (Lipinski definition) is 2. The molecule has 1 heterocycles. The number of nitrogens with zero attached hydrogens (tertiary/aromatic N) is 2. The average Bonchev–Trinajstić information content (AvgIpc) is 3.42. The topological polar surface area (TPSA) is 49.8 Å². The molecule has 0 amide bonds. The number of rotatable bonds is 12. The van der Waals surface area contributed by atoms with Gasteiger partial charge >= 0.3 is 0 Å². The predicted molar refractivity (Wildman–Crippen MR) is 285 cm³/mol. The van der Waals surface area contributed by atoms with E-state index in [0.717, 1.165) is 106 Å². The molecular weight excluding hydrogens is 825 g/mol. The monoisotopic (exact) mass is 870 g/mol. The molecule has 0 aliphatic carbocycles. The SMILES string of the molecule is c1ccc(Nc2ccccc2-c2cccc(-c3ccc(Nc4cccc(-c5cccc(-c6cccc(-c7cc(-c8ccccc8)nc(-c8ccccc8)n7)c6)c5)c4)c(-c4ccccc4)c3)c2)cc1. The molecule has 1 aromatic heterocycles. The Kier molecular flexibility index (Phi) is 11.7. The molecule has 322 valence electrons. The Morgan fingerprint density at radius 3 is 1.29 bits per heavy atom. The van der Waals surface area contributed by atoms with Gasteiger partial charge in [0.05, 0.1) is 11.4 Å². The molecule has 0 aliphatic heterocycles. The number of nitrogens with one attached hydrogen (secondary N) is 2. The highest BCUT2D eigenvalue weighted by Crippen LogP contribution is 2.39. The summed E-state index contributed by atoms with van der Waals surface area (Å²) in [6, 6.07) is 93.7. The maximum absolute atomic E-state index is 5.10. The molecule has 4 heteroatoms. The molecule has 11 rings (SSSR count). The van der Waals surface area contributed by atoms with Crippen molar-refractivity contribution in [3.8, 4) is 89.5 Å². The van der Waals surface area contributed by atoms with E-state index in [4.69, 9.17) is 9.97 Å². The van der Waals surface area contributed by atoms with Crippen molar-refractivity contribution in [1.29, 1.82) is 0 Å². The minimum atomic E-state index is 0.703. The van der Waals surface area contributed by atoms with E-state index in [1.807, 2.05) is 42.5 Å². The highest BCUT2D eigenvalue weighted by atomic mass is 14.9. The third kappa shape index (κ3) is 9.21. The number of aromatic nitrogens is 2. The lowest BCUT2D eigenvalue weighted by molar-refractivity contribution is 1.18. The van der Waals surface area contributed by atoms with Crippen molar-refractivity contribution in [2.75, 3.05) is 10.6 Å². The first-order valence-electron chi connectivity index (χ1n) is 23.0. The van der Waals surface area contributed by atoms with Crippen LogP contribution in [-0.2, 0) is 0 Å². The maximum Gasteiger partial charge on any atom is 0.160 e. The Morgan fingerprint density at radius 1 is 0.221 bits per heavy atom. The van der Waals surface area contributed by atoms with E-state index in [0.29, 0.717) is 5.82 Å². The second-order valence-electron chi connectivity index (χ2n) is 16.8. The van der Waals surface area contributed by atoms with E-state index in [-0.39, 0.29) is 0 Å². The standard InChI is InChI=1S/C64H46N4/c1-5-19-45(20-6-1)59-43-53(50-27-16-30-54(40-50)58-35-13-14-36-60(58)65-56-32-11-4-12-33-56)37-38-61(59)66-57-34-18-29-52(42-57)49-26-15-25-48(39-49)51-28-17-31-55(41-51)63-44-62(46-21-7-2-8-22-46)67-64(68-63)47-23-9-3-10-24-47/h1-44,65-66H. The molecule has 4 nitrogen and oxygen atoms in total. The fourth-order valence-corrected chi connectivity index (χ4v) is 8.81. The molecule has 11 aromatic rings. The number of para-hydroxylation sites is 2. The van der Waals surface area contributed by atoms with Gasteiger partial charge in [0.25, 0.3) is 0 Å². The van der Waals surface area contributed by atoms with Crippen LogP contribution in [0.25, 0.3) is 89.5 Å². The third-order valence-corrected chi connectivity index (χ3v) is 12.2. The highest BCUT2D eigenvalue weighted by Gasteiger charge is 2.14. The number of hydrogen-bond acceptors (Lipinski definition) is 4. The zero-order chi connectivity index (χ0) is 45.5. The normalized spacial score (nSPS) is 10.9. The summed E-state index contributed by atoms with van der Waals surface area (Å²) >= 11 is 0. The van der Waals surface area contributed by atoms with Gasteiger partial charge in [-0.25, -0.2) is 9.97 Å². The summed E-state index contributed by atoms with van der Waals surface area (Å²) in [4.78, 5) is 10.1. The van der Waals surface area contributed by atoms with Gasteiger partial charge in [-0.1, -0.05) is 200 Å². The molecule has 0 saturated heterocycles. The summed E-state index contributed by atoms with van der Waals surface area (Å²) in [6.07, 6.45) is 0. The molecule has 2 N–H and O–H groups in total. The summed E-state index contributed by atoms with van der Waals surface area (Å²) in [7, 11) is 0. The molecule has 0 bridgehead atoms. The molecule has 0 fully saturated rings. The maximum atomic E-state index is 5.10. The van der Waals surface area contributed by atoms with Crippen molar-refractivity contribution in [3.05, 3.63) is 267 Å². The van der Waals surface area contributed by atoms with E-state index < -0.39 is 0 Å². The van der Waals surface area contributed by atoms with Crippen molar-refractivity contribution >= 4 is 22.7 Å². The molecule has 0 saturated carbocycles. The molecule has 0 spiro atoms. The van der Waals surface area contributed by atoms with Crippen LogP contribution < -0.4 is 10.6 Å². The Bertz CT molecular complexity index is 3440. The summed E-state index contributed by atoms with van der Waals surface area (Å²) in [5, 5.41) is 7.44. The van der Waals surface area contributed by atoms with Crippen LogP contribution in [0.1, 0.15) is 0 Å². The van der Waals surface area contributed by atoms with Gasteiger partial charge in [-0.3, -0.25) is 0 Å². The van der Waals surface area contributed by atoms with Crippen LogP contribution >= 0.6 is 0 Å². The highest BCUT2D eigenvalue weighted by molar-refractivity contribution is 5.89. The second kappa shape index (κ2) is 19.2. The zero-order valence-corrected chi connectivity index (χ0v) is 37.3. The average molecular weight is 871 g/mol. The first kappa shape index (κ1) is 41.6. The Hall–Kier alpha value is -9.12. The van der Waals surface area contributed by atoms with Crippen LogP contribution in [0.15, 0.2) is 267 Å². The molecular formula is C64H46N4. The molecule has 0 radical (unpaired) electrons. The van der Waals surface area contributed by atoms with Gasteiger partial charge in [0.15, 0.2) is 5.82 Å². The first-order valence-corrected chi connectivity index (χ1v) is 23.0. The number of anilines is 4. The third-order valence-electron chi connectivity index (χ3n) is 12.2. The van der Waals surface area contributed by atoms with Gasteiger partial charge < -0.3 is 10.6 Å². The van der Waals surface area contributed by atoms with Crippen molar-refractivity contribution in [3.63, 3.8) is 0 Å². The Balaban J connectivity index is 0.884. The predicted octanol–water partition coefficient (Wildman–Crippen LogP) is 17.3. The van der Waals surface area contributed by atoms with E-state index in [1.165, 1.54) is 0 Å². The van der Waals surface area contributed by atoms with Crippen LogP contribution in [0.3, 0.4) is 0 Å². The lowest BCUT2D eigenvalue weighted by Gasteiger charge is -2.16. The van der Waals surface area contributed by atoms with E-state index in [9.17, 15) is 0 Å². The van der Waals surface area contributed by atoms with Gasteiger partial charge in [-0.05, 0) is 111 Å². The minimum Gasteiger partial charge on any atom is -0.355 e. The van der Waals surface area contributed by atoms with Crippen molar-refractivity contribution in [2.45, 2.75) is 0 Å². The molecule has 0 unspecified atom stereocenters. The molecule has 10 aromatic carbocycles. The zero-order valence-electron chi connectivity index (χ0n) is 37.3. The summed E-state index contributed by atoms with van der Waals surface area (Å²) in [5.74, 6) is 0.703. The molecule has 0 atom stereocenters. The summed E-state index contributed by atoms with van der Waals surface area (Å²) in [6.45, 7) is 0. The van der Waals surface area contributed by atoms with Crippen LogP contribution in [0.2, 0.25) is 0 Å². The van der Waals surface area contributed by atoms with Gasteiger partial charge in [0, 0.05) is 50.6 Å². The van der Waals surface area contributed by atoms with Crippen molar-refractivity contribution < 1.29 is 0 Å². The lowest BCUT2D eigenvalue weighted by atomic mass is 9.94. The Labute approximate surface area is 398 Å². The van der Waals surface area contributed by atoms with Crippen LogP contribution in [-0.4, -0.2) is 9.97 Å². The van der Waals surface area contributed by atoms with E-state index in [1.54, 1.807) is 0 Å². The van der Waals surface area contributed by atoms with E-state index in [2.05, 4.69) is 235 Å². The largest absolute Gasteiger partial charge is 0.355 e. The fraction of sp³-hybridized carbons (Fsp3) is 0. The van der Waals surface area contributed by atoms with Crippen molar-refractivity contribution in [1.82, 2.24) is 9.97 Å². The van der Waals surface area contributed by atoms with Gasteiger partial charge in [-0.15, -0.1) is 0 Å².